The van der Waals surface area contributed by atoms with Crippen molar-refractivity contribution in [2.24, 2.45) is 0 Å². The van der Waals surface area contributed by atoms with Gasteiger partial charge in [-0.2, -0.15) is 5.10 Å². The Labute approximate surface area is 229 Å². The molecule has 41 heavy (non-hydrogen) atoms. The van der Waals surface area contributed by atoms with Gasteiger partial charge in [0.25, 0.3) is 5.91 Å². The molecule has 0 fully saturated rings. The molecule has 202 valence electrons. The SMILES string of the molecule is O=C(Nc1cccc(-c2nn3ccncc3c2-c2nc(Nc3cccc(F)c3)ncc2F)c1)c1c(F)cccc1F. The number of rotatable bonds is 6. The fourth-order valence-electron chi connectivity index (χ4n) is 4.29. The average Bonchev–Trinajstić information content (AvgIpc) is 3.34. The van der Waals surface area contributed by atoms with Gasteiger partial charge in [0.1, 0.15) is 34.4 Å². The van der Waals surface area contributed by atoms with Crippen LogP contribution in [0.5, 0.6) is 0 Å². The molecule has 3 aromatic carbocycles. The number of nitrogens with zero attached hydrogens (tertiary/aromatic N) is 5. The number of hydrogen-bond acceptors (Lipinski definition) is 6. The molecule has 0 bridgehead atoms. The van der Waals surface area contributed by atoms with E-state index in [1.165, 1.54) is 47.2 Å². The first-order valence-corrected chi connectivity index (χ1v) is 12.1. The Morgan fingerprint density at radius 2 is 1.56 bits per heavy atom. The van der Waals surface area contributed by atoms with Gasteiger partial charge in [0, 0.05) is 29.3 Å². The maximum absolute atomic E-state index is 15.3. The van der Waals surface area contributed by atoms with Crippen molar-refractivity contribution in [2.75, 3.05) is 10.6 Å². The van der Waals surface area contributed by atoms with Crippen molar-refractivity contribution in [3.63, 3.8) is 0 Å². The van der Waals surface area contributed by atoms with Gasteiger partial charge in [-0.15, -0.1) is 0 Å². The number of amides is 1. The second-order valence-corrected chi connectivity index (χ2v) is 8.79. The van der Waals surface area contributed by atoms with Crippen molar-refractivity contribution in [2.45, 2.75) is 0 Å². The van der Waals surface area contributed by atoms with E-state index in [4.69, 9.17) is 0 Å². The van der Waals surface area contributed by atoms with Gasteiger partial charge in [0.05, 0.1) is 23.5 Å². The Hall–Kier alpha value is -5.65. The number of aromatic nitrogens is 5. The van der Waals surface area contributed by atoms with Crippen LogP contribution in [0.2, 0.25) is 0 Å². The number of carbonyl (C=O) groups excluding carboxylic acids is 1. The Balaban J connectivity index is 1.42. The van der Waals surface area contributed by atoms with E-state index >= 15 is 4.39 Å². The number of nitrogens with one attached hydrogen (secondary N) is 2. The van der Waals surface area contributed by atoms with E-state index in [0.29, 0.717) is 16.8 Å². The molecule has 0 atom stereocenters. The lowest BCUT2D eigenvalue weighted by Gasteiger charge is -2.10. The Morgan fingerprint density at radius 3 is 2.37 bits per heavy atom. The minimum atomic E-state index is -1.00. The van der Waals surface area contributed by atoms with Crippen LogP contribution in [0.1, 0.15) is 10.4 Å². The first kappa shape index (κ1) is 25.6. The van der Waals surface area contributed by atoms with Crippen LogP contribution in [0.4, 0.5) is 34.9 Å². The summed E-state index contributed by atoms with van der Waals surface area (Å²) in [6, 6.07) is 15.1. The highest BCUT2D eigenvalue weighted by molar-refractivity contribution is 6.05. The van der Waals surface area contributed by atoms with E-state index in [0.717, 1.165) is 24.4 Å². The molecule has 0 saturated heterocycles. The average molecular weight is 555 g/mol. The summed E-state index contributed by atoms with van der Waals surface area (Å²) in [6.07, 6.45) is 5.53. The van der Waals surface area contributed by atoms with Gasteiger partial charge in [-0.25, -0.2) is 32.0 Å². The van der Waals surface area contributed by atoms with Crippen LogP contribution in [0.15, 0.2) is 91.5 Å². The van der Waals surface area contributed by atoms with E-state index < -0.39 is 34.7 Å². The second-order valence-electron chi connectivity index (χ2n) is 8.79. The van der Waals surface area contributed by atoms with Gasteiger partial charge in [-0.05, 0) is 42.5 Å². The molecule has 0 spiro atoms. The zero-order valence-corrected chi connectivity index (χ0v) is 20.8. The number of carbonyl (C=O) groups is 1. The van der Waals surface area contributed by atoms with E-state index in [-0.39, 0.29) is 28.6 Å². The summed E-state index contributed by atoms with van der Waals surface area (Å²) >= 11 is 0. The highest BCUT2D eigenvalue weighted by Gasteiger charge is 2.23. The third-order valence-corrected chi connectivity index (χ3v) is 6.08. The van der Waals surface area contributed by atoms with Crippen LogP contribution < -0.4 is 10.6 Å². The van der Waals surface area contributed by atoms with E-state index in [1.54, 1.807) is 24.4 Å². The third-order valence-electron chi connectivity index (χ3n) is 6.08. The molecule has 3 aromatic heterocycles. The molecule has 8 nitrogen and oxygen atoms in total. The lowest BCUT2D eigenvalue weighted by molar-refractivity contribution is 0.101. The Morgan fingerprint density at radius 1 is 0.805 bits per heavy atom. The van der Waals surface area contributed by atoms with Crippen molar-refractivity contribution >= 4 is 28.7 Å². The smallest absolute Gasteiger partial charge is 0.261 e. The quantitative estimate of drug-likeness (QED) is 0.231. The van der Waals surface area contributed by atoms with Gasteiger partial charge in [-0.3, -0.25) is 9.78 Å². The number of hydrogen-bond donors (Lipinski definition) is 2. The molecular formula is C29H17F4N7O. The highest BCUT2D eigenvalue weighted by atomic mass is 19.1. The van der Waals surface area contributed by atoms with Crippen LogP contribution in [0.25, 0.3) is 28.0 Å². The number of fused-ring (bicyclic) bond motifs is 1. The molecule has 6 aromatic rings. The summed E-state index contributed by atoms with van der Waals surface area (Å²) in [6.45, 7) is 0. The molecule has 0 saturated carbocycles. The van der Waals surface area contributed by atoms with E-state index in [9.17, 15) is 18.0 Å². The van der Waals surface area contributed by atoms with Crippen LogP contribution in [-0.4, -0.2) is 30.5 Å². The Kier molecular flexibility index (Phi) is 6.55. The summed E-state index contributed by atoms with van der Waals surface area (Å²) < 4.78 is 58.7. The van der Waals surface area contributed by atoms with Crippen molar-refractivity contribution < 1.29 is 22.4 Å². The van der Waals surface area contributed by atoms with Crippen LogP contribution in [-0.2, 0) is 0 Å². The minimum absolute atomic E-state index is 0.00844. The van der Waals surface area contributed by atoms with Crippen LogP contribution in [0, 0.1) is 23.3 Å². The number of anilines is 3. The molecule has 0 aliphatic heterocycles. The predicted octanol–water partition coefficient (Wildman–Crippen LogP) is 6.41. The zero-order valence-electron chi connectivity index (χ0n) is 20.8. The fourth-order valence-corrected chi connectivity index (χ4v) is 4.29. The topological polar surface area (TPSA) is 97.1 Å². The normalized spacial score (nSPS) is 11.0. The number of halogens is 4. The van der Waals surface area contributed by atoms with Gasteiger partial charge in [0.15, 0.2) is 5.82 Å². The molecule has 0 aliphatic rings. The maximum atomic E-state index is 15.3. The summed E-state index contributed by atoms with van der Waals surface area (Å²) in [4.78, 5) is 25.1. The van der Waals surface area contributed by atoms with Gasteiger partial charge >= 0.3 is 0 Å². The zero-order chi connectivity index (χ0) is 28.5. The number of benzene rings is 3. The molecule has 12 heteroatoms. The van der Waals surface area contributed by atoms with Crippen LogP contribution >= 0.6 is 0 Å². The van der Waals surface area contributed by atoms with Gasteiger partial charge in [0.2, 0.25) is 5.95 Å². The fraction of sp³-hybridized carbons (Fsp3) is 0. The Bertz CT molecular complexity index is 1920. The first-order valence-electron chi connectivity index (χ1n) is 12.1. The summed E-state index contributed by atoms with van der Waals surface area (Å²) in [5, 5.41) is 9.92. The van der Waals surface area contributed by atoms with Crippen molar-refractivity contribution in [1.29, 1.82) is 0 Å². The van der Waals surface area contributed by atoms with Crippen molar-refractivity contribution in [3.8, 4) is 22.5 Å². The predicted molar refractivity (Wildman–Crippen MR) is 143 cm³/mol. The lowest BCUT2D eigenvalue weighted by Crippen LogP contribution is -2.15. The molecule has 6 rings (SSSR count). The lowest BCUT2D eigenvalue weighted by atomic mass is 10.0. The summed E-state index contributed by atoms with van der Waals surface area (Å²) in [5.41, 5.74) is 1.14. The maximum Gasteiger partial charge on any atom is 0.261 e. The molecule has 0 aliphatic carbocycles. The van der Waals surface area contributed by atoms with Crippen LogP contribution in [0.3, 0.4) is 0 Å². The van der Waals surface area contributed by atoms with Crippen molar-refractivity contribution in [3.05, 3.63) is 120 Å². The first-order chi connectivity index (χ1) is 19.9. The minimum Gasteiger partial charge on any atom is -0.324 e. The molecule has 0 unspecified atom stereocenters. The second kappa shape index (κ2) is 10.5. The molecule has 1 amide bonds. The van der Waals surface area contributed by atoms with E-state index in [1.807, 2.05) is 0 Å². The van der Waals surface area contributed by atoms with Gasteiger partial charge < -0.3 is 10.6 Å². The van der Waals surface area contributed by atoms with E-state index in [2.05, 4.69) is 30.7 Å². The van der Waals surface area contributed by atoms with Crippen molar-refractivity contribution in [1.82, 2.24) is 24.6 Å². The monoisotopic (exact) mass is 555 g/mol. The van der Waals surface area contributed by atoms with Gasteiger partial charge in [-0.1, -0.05) is 24.3 Å². The largest absolute Gasteiger partial charge is 0.324 e. The summed E-state index contributed by atoms with van der Waals surface area (Å²) in [5.74, 6) is -4.21. The third kappa shape index (κ3) is 5.05. The molecular weight excluding hydrogens is 538 g/mol. The standard InChI is InChI=1S/C29H17F4N7O/c30-17-5-2-7-19(13-17)37-29-35-14-22(33)27(38-29)25-23-15-34-10-11-40(23)39-26(25)16-4-1-6-18(12-16)36-28(41)24-20(31)8-3-9-21(24)32/h1-15H,(H,36,41)(H,35,37,38). The molecule has 3 heterocycles. The molecule has 2 N–H and O–H groups in total. The summed E-state index contributed by atoms with van der Waals surface area (Å²) in [7, 11) is 0. The highest BCUT2D eigenvalue weighted by Crippen LogP contribution is 2.36. The molecule has 0 radical (unpaired) electrons.